The maximum absolute atomic E-state index is 4.52. The second kappa shape index (κ2) is 7.43. The molecule has 1 N–H and O–H groups in total. The van der Waals surface area contributed by atoms with Crippen LogP contribution in [-0.4, -0.2) is 35.6 Å². The van der Waals surface area contributed by atoms with Crippen LogP contribution in [0, 0.1) is 5.92 Å². The van der Waals surface area contributed by atoms with E-state index in [1.165, 1.54) is 9.88 Å². The summed E-state index contributed by atoms with van der Waals surface area (Å²) in [5.74, 6) is 0.702. The fraction of sp³-hybridized carbons (Fsp3) is 0.769. The molecule has 2 heterocycles. The number of rotatable bonds is 4. The van der Waals surface area contributed by atoms with Crippen molar-refractivity contribution in [2.45, 2.75) is 39.8 Å². The van der Waals surface area contributed by atoms with Gasteiger partial charge in [-0.25, -0.2) is 4.98 Å². The van der Waals surface area contributed by atoms with E-state index in [9.17, 15) is 0 Å². The van der Waals surface area contributed by atoms with Crippen molar-refractivity contribution in [1.82, 2.24) is 15.2 Å². The summed E-state index contributed by atoms with van der Waals surface area (Å²) in [6.07, 6.45) is 3.18. The van der Waals surface area contributed by atoms with E-state index in [2.05, 4.69) is 42.2 Å². The highest BCUT2D eigenvalue weighted by Crippen LogP contribution is 2.18. The van der Waals surface area contributed by atoms with Crippen LogP contribution < -0.4 is 5.32 Å². The Morgan fingerprint density at radius 1 is 1.56 bits per heavy atom. The standard InChI is InChI=1S/C13H23N3S.ClH/c1-10(2)6-13-15-7-12(17-13)9-16-5-4-14-11(3)8-16;/h7,10-11,14H,4-6,8-9H2,1-3H3;1H/t11-;/m1./s1. The quantitative estimate of drug-likeness (QED) is 0.923. The molecule has 0 aliphatic carbocycles. The summed E-state index contributed by atoms with van der Waals surface area (Å²) in [5, 5.41) is 4.77. The number of thiazole rings is 1. The summed E-state index contributed by atoms with van der Waals surface area (Å²) in [7, 11) is 0. The smallest absolute Gasteiger partial charge is 0.0930 e. The molecule has 2 rings (SSSR count). The van der Waals surface area contributed by atoms with E-state index in [1.807, 2.05) is 11.3 Å². The lowest BCUT2D eigenvalue weighted by Gasteiger charge is -2.31. The van der Waals surface area contributed by atoms with Crippen molar-refractivity contribution in [2.24, 2.45) is 5.92 Å². The molecule has 0 amide bonds. The van der Waals surface area contributed by atoms with Crippen molar-refractivity contribution in [3.8, 4) is 0 Å². The van der Waals surface area contributed by atoms with Gasteiger partial charge < -0.3 is 5.32 Å². The SMILES string of the molecule is CC(C)Cc1ncc(CN2CCN[C@H](C)C2)s1.Cl. The molecule has 1 aromatic heterocycles. The van der Waals surface area contributed by atoms with E-state index in [4.69, 9.17) is 0 Å². The average Bonchev–Trinajstić information content (AvgIpc) is 2.64. The topological polar surface area (TPSA) is 28.2 Å². The molecule has 5 heteroatoms. The first-order valence-electron chi connectivity index (χ1n) is 6.53. The van der Waals surface area contributed by atoms with Crippen molar-refractivity contribution < 1.29 is 0 Å². The zero-order valence-electron chi connectivity index (χ0n) is 11.5. The summed E-state index contributed by atoms with van der Waals surface area (Å²) in [5.41, 5.74) is 0. The highest BCUT2D eigenvalue weighted by Gasteiger charge is 2.16. The van der Waals surface area contributed by atoms with Gasteiger partial charge in [-0.05, 0) is 12.8 Å². The second-order valence-corrected chi connectivity index (χ2v) is 6.61. The summed E-state index contributed by atoms with van der Waals surface area (Å²) in [6.45, 7) is 11.2. The Labute approximate surface area is 120 Å². The molecule has 0 radical (unpaired) electrons. The van der Waals surface area contributed by atoms with Crippen molar-refractivity contribution in [3.63, 3.8) is 0 Å². The molecular weight excluding hydrogens is 266 g/mol. The first-order valence-corrected chi connectivity index (χ1v) is 7.34. The molecule has 0 aromatic carbocycles. The maximum atomic E-state index is 4.52. The molecule has 0 saturated carbocycles. The minimum absolute atomic E-state index is 0. The van der Waals surface area contributed by atoms with Gasteiger partial charge in [-0.2, -0.15) is 0 Å². The molecule has 1 saturated heterocycles. The predicted octanol–water partition coefficient (Wildman–Crippen LogP) is 2.56. The zero-order chi connectivity index (χ0) is 12.3. The highest BCUT2D eigenvalue weighted by molar-refractivity contribution is 7.11. The number of piperazine rings is 1. The van der Waals surface area contributed by atoms with Crippen LogP contribution in [-0.2, 0) is 13.0 Å². The fourth-order valence-electron chi connectivity index (χ4n) is 2.24. The monoisotopic (exact) mass is 289 g/mol. The molecular formula is C13H24ClN3S. The van der Waals surface area contributed by atoms with Crippen molar-refractivity contribution in [2.75, 3.05) is 19.6 Å². The van der Waals surface area contributed by atoms with Crippen LogP contribution in [0.2, 0.25) is 0 Å². The lowest BCUT2D eigenvalue weighted by molar-refractivity contribution is 0.201. The van der Waals surface area contributed by atoms with Gasteiger partial charge in [0.05, 0.1) is 5.01 Å². The third-order valence-corrected chi connectivity index (χ3v) is 4.02. The lowest BCUT2D eigenvalue weighted by atomic mass is 10.1. The molecule has 0 unspecified atom stereocenters. The largest absolute Gasteiger partial charge is 0.312 e. The van der Waals surface area contributed by atoms with Crippen LogP contribution in [0.1, 0.15) is 30.7 Å². The van der Waals surface area contributed by atoms with Crippen LogP contribution in [0.4, 0.5) is 0 Å². The molecule has 1 aliphatic rings. The number of hydrogen-bond acceptors (Lipinski definition) is 4. The highest BCUT2D eigenvalue weighted by atomic mass is 35.5. The van der Waals surface area contributed by atoms with E-state index in [0.29, 0.717) is 12.0 Å². The molecule has 0 bridgehead atoms. The van der Waals surface area contributed by atoms with E-state index >= 15 is 0 Å². The van der Waals surface area contributed by atoms with Gasteiger partial charge in [0.2, 0.25) is 0 Å². The molecule has 1 aliphatic heterocycles. The van der Waals surface area contributed by atoms with Crippen molar-refractivity contribution in [3.05, 3.63) is 16.1 Å². The van der Waals surface area contributed by atoms with E-state index in [1.54, 1.807) is 0 Å². The number of halogens is 1. The Kier molecular flexibility index (Phi) is 6.57. The van der Waals surface area contributed by atoms with Gasteiger partial charge in [0.25, 0.3) is 0 Å². The lowest BCUT2D eigenvalue weighted by Crippen LogP contribution is -2.48. The Morgan fingerprint density at radius 2 is 2.33 bits per heavy atom. The Balaban J connectivity index is 0.00000162. The van der Waals surface area contributed by atoms with Gasteiger partial charge in [-0.15, -0.1) is 23.7 Å². The predicted molar refractivity (Wildman–Crippen MR) is 80.6 cm³/mol. The van der Waals surface area contributed by atoms with Crippen molar-refractivity contribution in [1.29, 1.82) is 0 Å². The minimum atomic E-state index is 0. The maximum Gasteiger partial charge on any atom is 0.0930 e. The molecule has 104 valence electrons. The molecule has 18 heavy (non-hydrogen) atoms. The van der Waals surface area contributed by atoms with E-state index < -0.39 is 0 Å². The Bertz CT molecular complexity index is 354. The van der Waals surface area contributed by atoms with Gasteiger partial charge in [0, 0.05) is 49.7 Å². The second-order valence-electron chi connectivity index (χ2n) is 5.41. The molecule has 3 nitrogen and oxygen atoms in total. The Hall–Kier alpha value is -0.160. The zero-order valence-corrected chi connectivity index (χ0v) is 13.1. The van der Waals surface area contributed by atoms with Gasteiger partial charge in [-0.3, -0.25) is 4.90 Å². The average molecular weight is 290 g/mol. The van der Waals surface area contributed by atoms with Crippen LogP contribution in [0.25, 0.3) is 0 Å². The van der Waals surface area contributed by atoms with Gasteiger partial charge in [0.15, 0.2) is 0 Å². The third-order valence-electron chi connectivity index (χ3n) is 3.02. The molecule has 1 atom stereocenters. The number of nitrogens with zero attached hydrogens (tertiary/aromatic N) is 2. The first kappa shape index (κ1) is 15.9. The number of nitrogens with one attached hydrogen (secondary N) is 1. The van der Waals surface area contributed by atoms with E-state index in [0.717, 1.165) is 32.6 Å². The van der Waals surface area contributed by atoms with Crippen LogP contribution in [0.3, 0.4) is 0 Å². The van der Waals surface area contributed by atoms with Gasteiger partial charge in [0.1, 0.15) is 0 Å². The van der Waals surface area contributed by atoms with Gasteiger partial charge >= 0.3 is 0 Å². The number of aromatic nitrogens is 1. The first-order chi connectivity index (χ1) is 8.13. The number of hydrogen-bond donors (Lipinski definition) is 1. The Morgan fingerprint density at radius 3 is 3.00 bits per heavy atom. The van der Waals surface area contributed by atoms with Crippen LogP contribution >= 0.6 is 23.7 Å². The summed E-state index contributed by atoms with van der Waals surface area (Å²) >= 11 is 1.88. The molecule has 1 fully saturated rings. The third kappa shape index (κ3) is 4.84. The minimum Gasteiger partial charge on any atom is -0.312 e. The van der Waals surface area contributed by atoms with Crippen LogP contribution in [0.15, 0.2) is 6.20 Å². The van der Waals surface area contributed by atoms with E-state index in [-0.39, 0.29) is 12.4 Å². The summed E-state index contributed by atoms with van der Waals surface area (Å²) in [6, 6.07) is 0.617. The van der Waals surface area contributed by atoms with Crippen LogP contribution in [0.5, 0.6) is 0 Å². The van der Waals surface area contributed by atoms with Crippen molar-refractivity contribution >= 4 is 23.7 Å². The summed E-state index contributed by atoms with van der Waals surface area (Å²) in [4.78, 5) is 8.45. The van der Waals surface area contributed by atoms with Gasteiger partial charge in [-0.1, -0.05) is 13.8 Å². The fourth-order valence-corrected chi connectivity index (χ4v) is 3.42. The normalized spacial score (nSPS) is 21.0. The summed E-state index contributed by atoms with van der Waals surface area (Å²) < 4.78 is 0. The molecule has 1 aromatic rings. The molecule has 0 spiro atoms.